The first kappa shape index (κ1) is 24.4. The van der Waals surface area contributed by atoms with Gasteiger partial charge >= 0.3 is 0 Å². The van der Waals surface area contributed by atoms with Crippen LogP contribution in [0.5, 0.6) is 0 Å². The van der Waals surface area contributed by atoms with Gasteiger partial charge in [-0.15, -0.1) is 0 Å². The molecular formula is C37H23N7. The Morgan fingerprint density at radius 1 is 0.455 bits per heavy atom. The molecule has 0 N–H and O–H groups in total. The predicted octanol–water partition coefficient (Wildman–Crippen LogP) is 8.19. The van der Waals surface area contributed by atoms with Crippen molar-refractivity contribution in [3.63, 3.8) is 0 Å². The fourth-order valence-electron chi connectivity index (χ4n) is 6.25. The Labute approximate surface area is 251 Å². The molecule has 0 spiro atoms. The van der Waals surface area contributed by atoms with Gasteiger partial charge in [-0.25, -0.2) is 15.0 Å². The van der Waals surface area contributed by atoms with E-state index in [2.05, 4.69) is 62.6 Å². The molecule has 4 heterocycles. The molecule has 0 aliphatic rings. The van der Waals surface area contributed by atoms with E-state index in [1.54, 1.807) is 6.33 Å². The van der Waals surface area contributed by atoms with E-state index in [1.807, 2.05) is 85.1 Å². The van der Waals surface area contributed by atoms with Crippen LogP contribution in [-0.2, 0) is 0 Å². The number of hydrogen-bond donors (Lipinski definition) is 0. The lowest BCUT2D eigenvalue weighted by atomic mass is 10.1. The summed E-state index contributed by atoms with van der Waals surface area (Å²) in [5, 5.41) is 4.30. The second-order valence-corrected chi connectivity index (χ2v) is 10.7. The van der Waals surface area contributed by atoms with Crippen molar-refractivity contribution in [2.24, 2.45) is 0 Å². The van der Waals surface area contributed by atoms with Gasteiger partial charge in [-0.3, -0.25) is 9.13 Å². The molecule has 0 radical (unpaired) electrons. The Morgan fingerprint density at radius 3 is 1.70 bits per heavy atom. The maximum atomic E-state index is 5.08. The molecular weight excluding hydrogens is 542 g/mol. The smallest absolute Gasteiger partial charge is 0.238 e. The first-order chi connectivity index (χ1) is 21.8. The maximum absolute atomic E-state index is 5.08. The third kappa shape index (κ3) is 3.66. The molecule has 206 valence electrons. The molecule has 0 atom stereocenters. The summed E-state index contributed by atoms with van der Waals surface area (Å²) in [4.78, 5) is 24.3. The Bertz CT molecular complexity index is 2420. The number of para-hydroxylation sites is 2. The summed E-state index contributed by atoms with van der Waals surface area (Å²) in [5.74, 6) is 1.80. The zero-order valence-corrected chi connectivity index (χ0v) is 23.4. The van der Waals surface area contributed by atoms with Crippen molar-refractivity contribution in [1.29, 1.82) is 0 Å². The van der Waals surface area contributed by atoms with Crippen LogP contribution in [0.1, 0.15) is 0 Å². The van der Waals surface area contributed by atoms with Crippen molar-refractivity contribution in [3.05, 3.63) is 140 Å². The molecule has 5 aromatic carbocycles. The molecule has 0 fully saturated rings. The average Bonchev–Trinajstić information content (AvgIpc) is 3.62. The third-order valence-electron chi connectivity index (χ3n) is 8.13. The van der Waals surface area contributed by atoms with E-state index in [9.17, 15) is 0 Å². The van der Waals surface area contributed by atoms with Crippen LogP contribution in [0.25, 0.3) is 78.2 Å². The average molecular weight is 566 g/mol. The van der Waals surface area contributed by atoms with Gasteiger partial charge in [0.1, 0.15) is 12.0 Å². The number of nitrogens with zero attached hydrogens (tertiary/aromatic N) is 7. The van der Waals surface area contributed by atoms with E-state index in [0.29, 0.717) is 17.6 Å². The van der Waals surface area contributed by atoms with E-state index < -0.39 is 0 Å². The first-order valence-electron chi connectivity index (χ1n) is 14.4. The monoisotopic (exact) mass is 565 g/mol. The van der Waals surface area contributed by atoms with E-state index in [1.165, 1.54) is 0 Å². The lowest BCUT2D eigenvalue weighted by molar-refractivity contribution is 0.953. The summed E-state index contributed by atoms with van der Waals surface area (Å²) >= 11 is 0. The van der Waals surface area contributed by atoms with Crippen molar-refractivity contribution in [1.82, 2.24) is 34.1 Å². The predicted molar refractivity (Wildman–Crippen MR) is 175 cm³/mol. The van der Waals surface area contributed by atoms with Crippen molar-refractivity contribution in [2.45, 2.75) is 0 Å². The van der Waals surface area contributed by atoms with E-state index in [4.69, 9.17) is 19.9 Å². The van der Waals surface area contributed by atoms with Gasteiger partial charge in [-0.05, 0) is 30.3 Å². The van der Waals surface area contributed by atoms with Crippen molar-refractivity contribution in [2.75, 3.05) is 0 Å². The maximum Gasteiger partial charge on any atom is 0.238 e. The molecule has 0 unspecified atom stereocenters. The van der Waals surface area contributed by atoms with Gasteiger partial charge in [0.2, 0.25) is 5.95 Å². The van der Waals surface area contributed by atoms with Crippen molar-refractivity contribution < 1.29 is 0 Å². The molecule has 9 rings (SSSR count). The molecule has 0 aliphatic carbocycles. The standard InChI is InChI=1S/C37H23N7/c1-4-12-24(13-5-1)34-40-35(25-14-6-2-7-15-25)42-37(41-34)44-29-19-11-10-18-27(29)32-31(44)21-20-30-33(32)28-22-38-23-39-36(28)43(30)26-16-8-3-9-17-26/h1-23H. The molecule has 0 saturated heterocycles. The van der Waals surface area contributed by atoms with Crippen molar-refractivity contribution >= 4 is 43.7 Å². The second-order valence-electron chi connectivity index (χ2n) is 10.7. The number of rotatable bonds is 4. The van der Waals surface area contributed by atoms with Crippen LogP contribution in [-0.4, -0.2) is 34.1 Å². The minimum atomic E-state index is 0.561. The van der Waals surface area contributed by atoms with E-state index >= 15 is 0 Å². The summed E-state index contributed by atoms with van der Waals surface area (Å²) in [7, 11) is 0. The Balaban J connectivity index is 1.41. The summed E-state index contributed by atoms with van der Waals surface area (Å²) in [6, 6.07) is 43.2. The molecule has 4 aromatic heterocycles. The number of benzene rings is 5. The van der Waals surface area contributed by atoms with Crippen LogP contribution >= 0.6 is 0 Å². The van der Waals surface area contributed by atoms with Crippen LogP contribution in [0.4, 0.5) is 0 Å². The number of hydrogen-bond acceptors (Lipinski definition) is 5. The van der Waals surface area contributed by atoms with Crippen LogP contribution in [0, 0.1) is 0 Å². The molecule has 0 aliphatic heterocycles. The van der Waals surface area contributed by atoms with Gasteiger partial charge in [-0.1, -0.05) is 97.1 Å². The molecule has 9 aromatic rings. The first-order valence-corrected chi connectivity index (χ1v) is 14.4. The van der Waals surface area contributed by atoms with Gasteiger partial charge in [0.15, 0.2) is 11.6 Å². The largest absolute Gasteiger partial charge is 0.294 e. The zero-order valence-electron chi connectivity index (χ0n) is 23.4. The minimum absolute atomic E-state index is 0.561. The van der Waals surface area contributed by atoms with Crippen LogP contribution in [0.3, 0.4) is 0 Å². The lowest BCUT2D eigenvalue weighted by Gasteiger charge is -2.11. The topological polar surface area (TPSA) is 74.3 Å². The van der Waals surface area contributed by atoms with Gasteiger partial charge in [0, 0.05) is 44.6 Å². The quantitative estimate of drug-likeness (QED) is 0.215. The lowest BCUT2D eigenvalue weighted by Crippen LogP contribution is -2.06. The van der Waals surface area contributed by atoms with Crippen LogP contribution < -0.4 is 0 Å². The highest BCUT2D eigenvalue weighted by molar-refractivity contribution is 6.28. The van der Waals surface area contributed by atoms with E-state index in [-0.39, 0.29) is 0 Å². The molecule has 44 heavy (non-hydrogen) atoms. The highest BCUT2D eigenvalue weighted by Gasteiger charge is 2.23. The summed E-state index contributed by atoms with van der Waals surface area (Å²) in [6.07, 6.45) is 3.53. The fraction of sp³-hybridized carbons (Fsp3) is 0. The highest BCUT2D eigenvalue weighted by Crippen LogP contribution is 2.41. The molecule has 0 saturated carbocycles. The Hall–Kier alpha value is -6.21. The second kappa shape index (κ2) is 9.68. The highest BCUT2D eigenvalue weighted by atomic mass is 15.2. The van der Waals surface area contributed by atoms with Gasteiger partial charge in [-0.2, -0.15) is 9.97 Å². The van der Waals surface area contributed by atoms with E-state index in [0.717, 1.165) is 60.6 Å². The minimum Gasteiger partial charge on any atom is -0.294 e. The third-order valence-corrected chi connectivity index (χ3v) is 8.13. The fourth-order valence-corrected chi connectivity index (χ4v) is 6.25. The van der Waals surface area contributed by atoms with Gasteiger partial charge in [0.05, 0.1) is 16.6 Å². The van der Waals surface area contributed by atoms with Crippen molar-refractivity contribution in [3.8, 4) is 34.4 Å². The molecule has 0 bridgehead atoms. The number of aromatic nitrogens is 7. The SMILES string of the molecule is c1ccc(-c2nc(-c3ccccc3)nc(-n3c4ccccc4c4c5c6cncnc6n(-c6ccccc6)c5ccc43)n2)cc1. The molecule has 7 heteroatoms. The Kier molecular flexibility index (Phi) is 5.36. The van der Waals surface area contributed by atoms with Crippen LogP contribution in [0.15, 0.2) is 140 Å². The Morgan fingerprint density at radius 2 is 1.02 bits per heavy atom. The number of fused-ring (bicyclic) bond motifs is 7. The summed E-state index contributed by atoms with van der Waals surface area (Å²) in [5.41, 5.74) is 6.84. The summed E-state index contributed by atoms with van der Waals surface area (Å²) < 4.78 is 4.36. The van der Waals surface area contributed by atoms with Gasteiger partial charge in [0.25, 0.3) is 0 Å². The summed E-state index contributed by atoms with van der Waals surface area (Å²) in [6.45, 7) is 0. The van der Waals surface area contributed by atoms with Crippen LogP contribution in [0.2, 0.25) is 0 Å². The van der Waals surface area contributed by atoms with Gasteiger partial charge < -0.3 is 0 Å². The molecule has 0 amide bonds. The molecule has 7 nitrogen and oxygen atoms in total. The normalized spacial score (nSPS) is 11.6. The zero-order chi connectivity index (χ0) is 29.0.